The number of hydrogen-bond donors (Lipinski definition) is 1. The smallest absolute Gasteiger partial charge is 0.227 e. The molecule has 3 nitrogen and oxygen atoms in total. The van der Waals surface area contributed by atoms with Crippen LogP contribution in [-0.4, -0.2) is 29.9 Å². The maximum Gasteiger partial charge on any atom is 0.227 e. The molecule has 0 spiro atoms. The molecule has 1 aliphatic heterocycles. The number of rotatable bonds is 2. The van der Waals surface area contributed by atoms with Gasteiger partial charge in [0, 0.05) is 24.7 Å². The maximum atomic E-state index is 13.4. The van der Waals surface area contributed by atoms with Crippen molar-refractivity contribution < 1.29 is 13.6 Å². The van der Waals surface area contributed by atoms with Gasteiger partial charge in [-0.3, -0.25) is 4.79 Å². The minimum absolute atomic E-state index is 0. The Bertz CT molecular complexity index is 428. The van der Waals surface area contributed by atoms with Gasteiger partial charge in [-0.15, -0.1) is 12.4 Å². The van der Waals surface area contributed by atoms with Crippen molar-refractivity contribution in [3.05, 3.63) is 35.4 Å². The minimum atomic E-state index is -0.669. The molecule has 0 saturated carbocycles. The monoisotopic (exact) mass is 290 g/mol. The van der Waals surface area contributed by atoms with E-state index in [2.05, 4.69) is 0 Å². The molecule has 0 radical (unpaired) electrons. The van der Waals surface area contributed by atoms with E-state index >= 15 is 0 Å². The van der Waals surface area contributed by atoms with Gasteiger partial charge < -0.3 is 10.6 Å². The van der Waals surface area contributed by atoms with Crippen molar-refractivity contribution in [2.75, 3.05) is 13.1 Å². The van der Waals surface area contributed by atoms with Crippen LogP contribution in [0.5, 0.6) is 0 Å². The SMILES string of the molecule is Cl.NC1CCN(C(=O)Cc2c(F)cccc2F)CC1. The van der Waals surface area contributed by atoms with Crippen LogP contribution in [0.1, 0.15) is 18.4 Å². The molecule has 0 unspecified atom stereocenters. The van der Waals surface area contributed by atoms with Crippen LogP contribution in [0.25, 0.3) is 0 Å². The summed E-state index contributed by atoms with van der Waals surface area (Å²) in [6.07, 6.45) is 1.25. The Balaban J connectivity index is 0.00000180. The van der Waals surface area contributed by atoms with Crippen LogP contribution >= 0.6 is 12.4 Å². The summed E-state index contributed by atoms with van der Waals surface area (Å²) in [7, 11) is 0. The highest BCUT2D eigenvalue weighted by molar-refractivity contribution is 5.85. The van der Waals surface area contributed by atoms with Gasteiger partial charge in [-0.25, -0.2) is 8.78 Å². The second-order valence-corrected chi connectivity index (χ2v) is 4.60. The average Bonchev–Trinajstić information content (AvgIpc) is 2.34. The fraction of sp³-hybridized carbons (Fsp3) is 0.462. The summed E-state index contributed by atoms with van der Waals surface area (Å²) in [6, 6.07) is 3.74. The molecule has 1 heterocycles. The predicted molar refractivity (Wildman–Crippen MR) is 71.1 cm³/mol. The number of hydrogen-bond acceptors (Lipinski definition) is 2. The van der Waals surface area contributed by atoms with Crippen molar-refractivity contribution in [2.45, 2.75) is 25.3 Å². The fourth-order valence-electron chi connectivity index (χ4n) is 2.11. The first-order chi connectivity index (χ1) is 8.58. The standard InChI is InChI=1S/C13H16F2N2O.ClH/c14-11-2-1-3-12(15)10(11)8-13(18)17-6-4-9(16)5-7-17;/h1-3,9H,4-8,16H2;1H. The van der Waals surface area contributed by atoms with Gasteiger partial charge in [0.1, 0.15) is 11.6 Å². The van der Waals surface area contributed by atoms with E-state index in [1.807, 2.05) is 0 Å². The number of amides is 1. The van der Waals surface area contributed by atoms with E-state index < -0.39 is 11.6 Å². The quantitative estimate of drug-likeness (QED) is 0.904. The number of halogens is 3. The molecule has 2 N–H and O–H groups in total. The van der Waals surface area contributed by atoms with Gasteiger partial charge in [-0.05, 0) is 25.0 Å². The van der Waals surface area contributed by atoms with E-state index in [-0.39, 0.29) is 36.3 Å². The summed E-state index contributed by atoms with van der Waals surface area (Å²) in [4.78, 5) is 13.6. The third kappa shape index (κ3) is 3.88. The van der Waals surface area contributed by atoms with Gasteiger partial charge >= 0.3 is 0 Å². The Kier molecular flexibility index (Phi) is 5.69. The maximum absolute atomic E-state index is 13.4. The Morgan fingerprint density at radius 3 is 2.32 bits per heavy atom. The zero-order valence-corrected chi connectivity index (χ0v) is 11.3. The number of nitrogens with zero attached hydrogens (tertiary/aromatic N) is 1. The third-order valence-electron chi connectivity index (χ3n) is 3.28. The molecule has 1 amide bonds. The number of piperidine rings is 1. The number of likely N-dealkylation sites (tertiary alicyclic amines) is 1. The highest BCUT2D eigenvalue weighted by atomic mass is 35.5. The van der Waals surface area contributed by atoms with Crippen LogP contribution in [0.2, 0.25) is 0 Å². The fourth-order valence-corrected chi connectivity index (χ4v) is 2.11. The topological polar surface area (TPSA) is 46.3 Å². The number of carbonyl (C=O) groups is 1. The molecule has 1 aromatic rings. The lowest BCUT2D eigenvalue weighted by molar-refractivity contribution is -0.131. The van der Waals surface area contributed by atoms with Crippen molar-refractivity contribution in [1.82, 2.24) is 4.90 Å². The molecular formula is C13H17ClF2N2O. The first-order valence-electron chi connectivity index (χ1n) is 6.04. The van der Waals surface area contributed by atoms with Gasteiger partial charge in [0.25, 0.3) is 0 Å². The molecule has 19 heavy (non-hydrogen) atoms. The molecule has 1 aliphatic rings. The Morgan fingerprint density at radius 1 is 1.26 bits per heavy atom. The van der Waals surface area contributed by atoms with Gasteiger partial charge in [0.2, 0.25) is 5.91 Å². The molecule has 106 valence electrons. The Labute approximate surface area is 117 Å². The van der Waals surface area contributed by atoms with E-state index in [0.29, 0.717) is 13.1 Å². The van der Waals surface area contributed by atoms with Crippen LogP contribution in [0.4, 0.5) is 8.78 Å². The second-order valence-electron chi connectivity index (χ2n) is 4.60. The molecule has 0 aliphatic carbocycles. The van der Waals surface area contributed by atoms with Crippen LogP contribution in [0.3, 0.4) is 0 Å². The second kappa shape index (κ2) is 6.82. The van der Waals surface area contributed by atoms with Gasteiger partial charge in [0.15, 0.2) is 0 Å². The van der Waals surface area contributed by atoms with Crippen molar-refractivity contribution in [1.29, 1.82) is 0 Å². The summed E-state index contributed by atoms with van der Waals surface area (Å²) < 4.78 is 26.8. The zero-order chi connectivity index (χ0) is 13.1. The van der Waals surface area contributed by atoms with E-state index in [9.17, 15) is 13.6 Å². The van der Waals surface area contributed by atoms with Crippen molar-refractivity contribution in [3.63, 3.8) is 0 Å². The molecular weight excluding hydrogens is 274 g/mol. The number of benzene rings is 1. The number of carbonyl (C=O) groups excluding carboxylic acids is 1. The van der Waals surface area contributed by atoms with E-state index in [1.165, 1.54) is 6.07 Å². The highest BCUT2D eigenvalue weighted by Crippen LogP contribution is 2.15. The summed E-state index contributed by atoms with van der Waals surface area (Å²) >= 11 is 0. The molecule has 2 rings (SSSR count). The average molecular weight is 291 g/mol. The summed E-state index contributed by atoms with van der Waals surface area (Å²) in [5, 5.41) is 0. The molecule has 0 atom stereocenters. The summed E-state index contributed by atoms with van der Waals surface area (Å²) in [5.74, 6) is -1.58. The van der Waals surface area contributed by atoms with E-state index in [0.717, 1.165) is 25.0 Å². The predicted octanol–water partition coefficient (Wildman–Crippen LogP) is 1.88. The summed E-state index contributed by atoms with van der Waals surface area (Å²) in [6.45, 7) is 1.13. The van der Waals surface area contributed by atoms with Crippen molar-refractivity contribution >= 4 is 18.3 Å². The molecule has 0 aromatic heterocycles. The lowest BCUT2D eigenvalue weighted by Crippen LogP contribution is -2.43. The number of nitrogens with two attached hydrogens (primary N) is 1. The largest absolute Gasteiger partial charge is 0.342 e. The minimum Gasteiger partial charge on any atom is -0.342 e. The highest BCUT2D eigenvalue weighted by Gasteiger charge is 2.22. The van der Waals surface area contributed by atoms with Crippen molar-refractivity contribution in [2.24, 2.45) is 5.73 Å². The molecule has 1 fully saturated rings. The van der Waals surface area contributed by atoms with Crippen LogP contribution in [0.15, 0.2) is 18.2 Å². The molecule has 6 heteroatoms. The normalized spacial score (nSPS) is 16.1. The third-order valence-corrected chi connectivity index (χ3v) is 3.28. The van der Waals surface area contributed by atoms with Crippen molar-refractivity contribution in [3.8, 4) is 0 Å². The zero-order valence-electron chi connectivity index (χ0n) is 10.4. The molecule has 1 aromatic carbocycles. The Morgan fingerprint density at radius 2 is 1.79 bits per heavy atom. The van der Waals surface area contributed by atoms with E-state index in [1.54, 1.807) is 4.90 Å². The molecule has 1 saturated heterocycles. The van der Waals surface area contributed by atoms with Crippen LogP contribution in [-0.2, 0) is 11.2 Å². The van der Waals surface area contributed by atoms with E-state index in [4.69, 9.17) is 5.73 Å². The molecule has 0 bridgehead atoms. The Hall–Kier alpha value is -1.20. The lowest BCUT2D eigenvalue weighted by Gasteiger charge is -2.30. The van der Waals surface area contributed by atoms with Gasteiger partial charge in [0.05, 0.1) is 6.42 Å². The first kappa shape index (κ1) is 15.9. The van der Waals surface area contributed by atoms with Crippen LogP contribution in [0, 0.1) is 11.6 Å². The summed E-state index contributed by atoms with van der Waals surface area (Å²) in [5.41, 5.74) is 5.58. The van der Waals surface area contributed by atoms with Gasteiger partial charge in [-0.1, -0.05) is 6.07 Å². The van der Waals surface area contributed by atoms with Crippen LogP contribution < -0.4 is 5.73 Å². The van der Waals surface area contributed by atoms with Gasteiger partial charge in [-0.2, -0.15) is 0 Å². The first-order valence-corrected chi connectivity index (χ1v) is 6.04. The lowest BCUT2D eigenvalue weighted by atomic mass is 10.0.